The number of carbonyl (C=O) groups excluding carboxylic acids is 2. The molecule has 1 heterocycles. The zero-order valence-corrected chi connectivity index (χ0v) is 17.0. The van der Waals surface area contributed by atoms with E-state index >= 15 is 0 Å². The molecule has 1 aromatic heterocycles. The van der Waals surface area contributed by atoms with Crippen molar-refractivity contribution in [2.45, 2.75) is 26.2 Å². The van der Waals surface area contributed by atoms with Crippen LogP contribution < -0.4 is 10.7 Å². The van der Waals surface area contributed by atoms with Gasteiger partial charge in [-0.1, -0.05) is 12.1 Å². The Hall–Kier alpha value is -3.88. The highest BCUT2D eigenvalue weighted by molar-refractivity contribution is 6.09. The number of aryl methyl sites for hydroxylation is 1. The van der Waals surface area contributed by atoms with Crippen LogP contribution in [0.4, 0.5) is 18.9 Å². The van der Waals surface area contributed by atoms with Crippen LogP contribution in [0.1, 0.15) is 50.6 Å². The number of anilines is 1. The molecule has 32 heavy (non-hydrogen) atoms. The number of nitrogens with zero attached hydrogens (tertiary/aromatic N) is 1. The summed E-state index contributed by atoms with van der Waals surface area (Å²) in [5.41, 5.74) is 3.57. The Morgan fingerprint density at radius 3 is 2.53 bits per heavy atom. The number of hydrazone groups is 1. The summed E-state index contributed by atoms with van der Waals surface area (Å²) in [6.07, 6.45) is 1.73. The molecule has 2 aromatic carbocycles. The first-order valence-corrected chi connectivity index (χ1v) is 9.85. The standard InChI is InChI=1S/C23H18F3N3O3/c1-12-20-18(28-29-22(30)14-5-2-3-6-15(14)25)7-4-8-19(20)32-21(12)23(31)27-17-10-9-13(24)11-16(17)26/h2-3,5-6,9-11H,4,7-8H2,1H3,(H,27,31)(H,29,30)/b28-18+. The third-order valence-electron chi connectivity index (χ3n) is 5.12. The highest BCUT2D eigenvalue weighted by atomic mass is 19.1. The summed E-state index contributed by atoms with van der Waals surface area (Å²) < 4.78 is 46.5. The van der Waals surface area contributed by atoms with E-state index in [9.17, 15) is 22.8 Å². The first kappa shape index (κ1) is 21.4. The first-order valence-electron chi connectivity index (χ1n) is 9.85. The highest BCUT2D eigenvalue weighted by Gasteiger charge is 2.28. The van der Waals surface area contributed by atoms with Crippen LogP contribution in [-0.2, 0) is 6.42 Å². The molecule has 0 bridgehead atoms. The topological polar surface area (TPSA) is 83.7 Å². The number of nitrogens with one attached hydrogen (secondary N) is 2. The molecule has 0 unspecified atom stereocenters. The number of fused-ring (bicyclic) bond motifs is 1. The zero-order chi connectivity index (χ0) is 22.8. The minimum Gasteiger partial charge on any atom is -0.455 e. The van der Waals surface area contributed by atoms with Gasteiger partial charge >= 0.3 is 0 Å². The van der Waals surface area contributed by atoms with E-state index in [1.165, 1.54) is 18.2 Å². The number of rotatable bonds is 4. The van der Waals surface area contributed by atoms with Gasteiger partial charge in [0.2, 0.25) is 0 Å². The summed E-state index contributed by atoms with van der Waals surface area (Å²) >= 11 is 0. The molecule has 2 amide bonds. The highest BCUT2D eigenvalue weighted by Crippen LogP contribution is 2.30. The second kappa shape index (κ2) is 8.70. The molecule has 0 atom stereocenters. The molecule has 4 rings (SSSR count). The van der Waals surface area contributed by atoms with Crippen molar-refractivity contribution in [3.8, 4) is 0 Å². The van der Waals surface area contributed by atoms with Crippen LogP contribution in [0, 0.1) is 24.4 Å². The second-order valence-corrected chi connectivity index (χ2v) is 7.27. The smallest absolute Gasteiger partial charge is 0.291 e. The van der Waals surface area contributed by atoms with Crippen LogP contribution in [0.25, 0.3) is 0 Å². The Morgan fingerprint density at radius 2 is 1.78 bits per heavy atom. The second-order valence-electron chi connectivity index (χ2n) is 7.27. The number of benzene rings is 2. The van der Waals surface area contributed by atoms with E-state index in [1.807, 2.05) is 0 Å². The van der Waals surface area contributed by atoms with Crippen molar-refractivity contribution in [2.24, 2.45) is 5.10 Å². The molecule has 0 fully saturated rings. The molecule has 1 aliphatic rings. The monoisotopic (exact) mass is 441 g/mol. The van der Waals surface area contributed by atoms with E-state index in [1.54, 1.807) is 13.0 Å². The van der Waals surface area contributed by atoms with Gasteiger partial charge in [0, 0.05) is 23.6 Å². The number of hydrogen-bond acceptors (Lipinski definition) is 4. The molecule has 6 nitrogen and oxygen atoms in total. The predicted molar refractivity (Wildman–Crippen MR) is 111 cm³/mol. The van der Waals surface area contributed by atoms with Gasteiger partial charge in [0.15, 0.2) is 5.76 Å². The van der Waals surface area contributed by atoms with Crippen LogP contribution in [0.5, 0.6) is 0 Å². The Bertz CT molecular complexity index is 1250. The molecule has 0 saturated heterocycles. The fourth-order valence-electron chi connectivity index (χ4n) is 3.59. The summed E-state index contributed by atoms with van der Waals surface area (Å²) in [5, 5.41) is 6.51. The Balaban J connectivity index is 1.58. The van der Waals surface area contributed by atoms with Crippen LogP contribution in [0.2, 0.25) is 0 Å². The molecular formula is C23H18F3N3O3. The van der Waals surface area contributed by atoms with Crippen molar-refractivity contribution in [3.05, 3.63) is 88.1 Å². The largest absolute Gasteiger partial charge is 0.455 e. The molecule has 164 valence electrons. The Labute approximate surface area is 181 Å². The Morgan fingerprint density at radius 1 is 1.00 bits per heavy atom. The quantitative estimate of drug-likeness (QED) is 0.575. The number of hydrogen-bond donors (Lipinski definition) is 2. The van der Waals surface area contributed by atoms with Crippen molar-refractivity contribution >= 4 is 23.2 Å². The number of carbonyl (C=O) groups is 2. The normalized spacial score (nSPS) is 14.2. The lowest BCUT2D eigenvalue weighted by Crippen LogP contribution is -2.23. The van der Waals surface area contributed by atoms with E-state index in [4.69, 9.17) is 4.42 Å². The van der Waals surface area contributed by atoms with Gasteiger partial charge in [-0.3, -0.25) is 9.59 Å². The molecule has 0 aliphatic heterocycles. The van der Waals surface area contributed by atoms with Gasteiger partial charge in [-0.05, 0) is 44.0 Å². The minimum atomic E-state index is -0.912. The fourth-order valence-corrected chi connectivity index (χ4v) is 3.59. The van der Waals surface area contributed by atoms with Crippen molar-refractivity contribution in [1.29, 1.82) is 0 Å². The molecule has 0 radical (unpaired) electrons. The predicted octanol–water partition coefficient (Wildman–Crippen LogP) is 4.73. The summed E-state index contributed by atoms with van der Waals surface area (Å²) in [4.78, 5) is 24.9. The number of halogens is 3. The maximum absolute atomic E-state index is 13.9. The number of furan rings is 1. The van der Waals surface area contributed by atoms with Crippen LogP contribution in [-0.4, -0.2) is 17.5 Å². The van der Waals surface area contributed by atoms with E-state index in [-0.39, 0.29) is 17.0 Å². The van der Waals surface area contributed by atoms with Gasteiger partial charge in [-0.25, -0.2) is 18.6 Å². The van der Waals surface area contributed by atoms with Gasteiger partial charge in [-0.15, -0.1) is 0 Å². The van der Waals surface area contributed by atoms with Gasteiger partial charge in [-0.2, -0.15) is 5.10 Å². The molecular weight excluding hydrogens is 423 g/mol. The molecule has 2 N–H and O–H groups in total. The van der Waals surface area contributed by atoms with Crippen LogP contribution >= 0.6 is 0 Å². The van der Waals surface area contributed by atoms with E-state index in [2.05, 4.69) is 15.8 Å². The third kappa shape index (κ3) is 4.14. The van der Waals surface area contributed by atoms with E-state index in [0.717, 1.165) is 12.1 Å². The fraction of sp³-hybridized carbons (Fsp3) is 0.174. The zero-order valence-electron chi connectivity index (χ0n) is 17.0. The lowest BCUT2D eigenvalue weighted by atomic mass is 9.93. The Kier molecular flexibility index (Phi) is 5.81. The van der Waals surface area contributed by atoms with Crippen molar-refractivity contribution in [3.63, 3.8) is 0 Å². The lowest BCUT2D eigenvalue weighted by Gasteiger charge is -2.13. The van der Waals surface area contributed by atoms with Crippen molar-refractivity contribution in [2.75, 3.05) is 5.32 Å². The number of amides is 2. The molecule has 9 heteroatoms. The first-order chi connectivity index (χ1) is 15.3. The minimum absolute atomic E-state index is 0.0336. The summed E-state index contributed by atoms with van der Waals surface area (Å²) in [6, 6.07) is 8.35. The maximum atomic E-state index is 13.9. The van der Waals surface area contributed by atoms with E-state index in [0.29, 0.717) is 47.9 Å². The van der Waals surface area contributed by atoms with Crippen molar-refractivity contribution in [1.82, 2.24) is 5.43 Å². The molecule has 0 spiro atoms. The van der Waals surface area contributed by atoms with Gasteiger partial charge in [0.1, 0.15) is 23.2 Å². The average molecular weight is 441 g/mol. The summed E-state index contributed by atoms with van der Waals surface area (Å²) in [6.45, 7) is 1.65. The van der Waals surface area contributed by atoms with Crippen LogP contribution in [0.3, 0.4) is 0 Å². The summed E-state index contributed by atoms with van der Waals surface area (Å²) in [5.74, 6) is -3.26. The van der Waals surface area contributed by atoms with Gasteiger partial charge in [0.25, 0.3) is 11.8 Å². The molecule has 1 aliphatic carbocycles. The summed E-state index contributed by atoms with van der Waals surface area (Å²) in [7, 11) is 0. The lowest BCUT2D eigenvalue weighted by molar-refractivity contribution is 0.0949. The average Bonchev–Trinajstić information content (AvgIpc) is 3.11. The molecule has 3 aromatic rings. The SMILES string of the molecule is Cc1c(C(=O)Nc2ccc(F)cc2F)oc2c1/C(=N/NC(=O)c1ccccc1F)CCC2. The van der Waals surface area contributed by atoms with Gasteiger partial charge < -0.3 is 9.73 Å². The third-order valence-corrected chi connectivity index (χ3v) is 5.12. The van der Waals surface area contributed by atoms with E-state index < -0.39 is 29.3 Å². The van der Waals surface area contributed by atoms with Crippen molar-refractivity contribution < 1.29 is 27.2 Å². The van der Waals surface area contributed by atoms with Crippen LogP contribution in [0.15, 0.2) is 52.0 Å². The molecule has 0 saturated carbocycles. The maximum Gasteiger partial charge on any atom is 0.291 e. The van der Waals surface area contributed by atoms with Gasteiger partial charge in [0.05, 0.1) is 17.0 Å².